The molecule has 7 nitrogen and oxygen atoms in total. The summed E-state index contributed by atoms with van der Waals surface area (Å²) < 4.78 is 27.0. The van der Waals surface area contributed by atoms with Crippen LogP contribution in [0.5, 0.6) is 0 Å². The highest BCUT2D eigenvalue weighted by Gasteiger charge is 2.32. The highest BCUT2D eigenvalue weighted by molar-refractivity contribution is 7.88. The third kappa shape index (κ3) is 6.16. The van der Waals surface area contributed by atoms with E-state index in [1.165, 1.54) is 5.56 Å². The van der Waals surface area contributed by atoms with E-state index in [1.807, 2.05) is 41.3 Å². The molecule has 0 radical (unpaired) electrons. The van der Waals surface area contributed by atoms with E-state index in [4.69, 9.17) is 0 Å². The number of sulfonamides is 1. The first-order chi connectivity index (χ1) is 15.5. The van der Waals surface area contributed by atoms with Crippen LogP contribution in [0.15, 0.2) is 60.7 Å². The molecule has 2 aromatic carbocycles. The first kappa shape index (κ1) is 22.9. The molecule has 0 bridgehead atoms. The first-order valence-corrected chi connectivity index (χ1v) is 12.9. The Bertz CT molecular complexity index is 977. The first-order valence-electron chi connectivity index (χ1n) is 11.3. The van der Waals surface area contributed by atoms with Crippen LogP contribution in [0.4, 0.5) is 0 Å². The SMILES string of the molecule is O=C(CN[C@H]1CCN(S(=O)(=O)Cc2ccccc2)C1)N1CCN(Cc2ccccc2)CC1. The van der Waals surface area contributed by atoms with Crippen molar-refractivity contribution < 1.29 is 13.2 Å². The fourth-order valence-electron chi connectivity index (χ4n) is 4.36. The van der Waals surface area contributed by atoms with Gasteiger partial charge >= 0.3 is 0 Å². The zero-order valence-electron chi connectivity index (χ0n) is 18.4. The molecule has 2 saturated heterocycles. The molecule has 1 N–H and O–H groups in total. The summed E-state index contributed by atoms with van der Waals surface area (Å²) in [5.74, 6) is 0.113. The van der Waals surface area contributed by atoms with Crippen molar-refractivity contribution in [2.24, 2.45) is 0 Å². The van der Waals surface area contributed by atoms with E-state index in [-0.39, 0.29) is 24.2 Å². The summed E-state index contributed by atoms with van der Waals surface area (Å²) in [6.07, 6.45) is 0.728. The van der Waals surface area contributed by atoms with E-state index in [1.54, 1.807) is 4.31 Å². The second kappa shape index (κ2) is 10.6. The lowest BCUT2D eigenvalue weighted by atomic mass is 10.2. The number of hydrogen-bond acceptors (Lipinski definition) is 5. The Morgan fingerprint density at radius 3 is 2.16 bits per heavy atom. The molecule has 2 heterocycles. The molecule has 8 heteroatoms. The van der Waals surface area contributed by atoms with Gasteiger partial charge in [0.05, 0.1) is 12.3 Å². The predicted octanol–water partition coefficient (Wildman–Crippen LogP) is 1.52. The van der Waals surface area contributed by atoms with Crippen LogP contribution in [0.3, 0.4) is 0 Å². The van der Waals surface area contributed by atoms with Gasteiger partial charge in [-0.15, -0.1) is 0 Å². The van der Waals surface area contributed by atoms with Gasteiger partial charge in [0.15, 0.2) is 0 Å². The maximum absolute atomic E-state index is 12.7. The summed E-state index contributed by atoms with van der Waals surface area (Å²) in [4.78, 5) is 16.9. The number of benzene rings is 2. The second-order valence-electron chi connectivity index (χ2n) is 8.61. The Balaban J connectivity index is 1.18. The molecule has 0 spiro atoms. The number of nitrogens with zero attached hydrogens (tertiary/aromatic N) is 3. The van der Waals surface area contributed by atoms with E-state index < -0.39 is 10.0 Å². The number of amides is 1. The molecular weight excluding hydrogens is 424 g/mol. The van der Waals surface area contributed by atoms with Gasteiger partial charge in [-0.3, -0.25) is 9.69 Å². The summed E-state index contributed by atoms with van der Waals surface area (Å²) in [5.41, 5.74) is 2.09. The Morgan fingerprint density at radius 2 is 1.50 bits per heavy atom. The van der Waals surface area contributed by atoms with Crippen molar-refractivity contribution in [3.8, 4) is 0 Å². The van der Waals surface area contributed by atoms with Gasteiger partial charge in [0, 0.05) is 51.9 Å². The van der Waals surface area contributed by atoms with Gasteiger partial charge in [-0.05, 0) is 17.5 Å². The fraction of sp³-hybridized carbons (Fsp3) is 0.458. The summed E-state index contributed by atoms with van der Waals surface area (Å²) in [6, 6.07) is 19.7. The van der Waals surface area contributed by atoms with E-state index in [2.05, 4.69) is 34.5 Å². The summed E-state index contributed by atoms with van der Waals surface area (Å²) in [5, 5.41) is 3.28. The highest BCUT2D eigenvalue weighted by Crippen LogP contribution is 2.18. The van der Waals surface area contributed by atoms with Crippen LogP contribution in [0.2, 0.25) is 0 Å². The van der Waals surface area contributed by atoms with Crippen molar-refractivity contribution in [3.63, 3.8) is 0 Å². The molecule has 172 valence electrons. The quantitative estimate of drug-likeness (QED) is 0.652. The number of carbonyl (C=O) groups is 1. The number of carbonyl (C=O) groups excluding carboxylic acids is 1. The van der Waals surface area contributed by atoms with Crippen LogP contribution in [0.25, 0.3) is 0 Å². The molecule has 1 atom stereocenters. The monoisotopic (exact) mass is 456 g/mol. The average Bonchev–Trinajstić information content (AvgIpc) is 3.29. The molecule has 0 unspecified atom stereocenters. The minimum Gasteiger partial charge on any atom is -0.339 e. The van der Waals surface area contributed by atoms with Crippen molar-refractivity contribution in [1.82, 2.24) is 19.4 Å². The summed E-state index contributed by atoms with van der Waals surface area (Å²) >= 11 is 0. The van der Waals surface area contributed by atoms with Gasteiger partial charge in [-0.1, -0.05) is 60.7 Å². The topological polar surface area (TPSA) is 73.0 Å². The van der Waals surface area contributed by atoms with E-state index in [0.717, 1.165) is 44.7 Å². The molecule has 32 heavy (non-hydrogen) atoms. The average molecular weight is 457 g/mol. The zero-order valence-corrected chi connectivity index (χ0v) is 19.2. The Hall–Kier alpha value is -2.26. The van der Waals surface area contributed by atoms with Crippen molar-refractivity contribution in [2.45, 2.75) is 24.8 Å². The maximum Gasteiger partial charge on any atom is 0.236 e. The maximum atomic E-state index is 12.7. The van der Waals surface area contributed by atoms with Crippen molar-refractivity contribution in [3.05, 3.63) is 71.8 Å². The molecule has 1 amide bonds. The Labute approximate surface area is 191 Å². The van der Waals surface area contributed by atoms with Gasteiger partial charge in [-0.25, -0.2) is 12.7 Å². The number of rotatable bonds is 8. The summed E-state index contributed by atoms with van der Waals surface area (Å²) in [6.45, 7) is 5.30. The molecule has 2 aliphatic heterocycles. The van der Waals surface area contributed by atoms with Gasteiger partial charge in [0.2, 0.25) is 15.9 Å². The highest BCUT2D eigenvalue weighted by atomic mass is 32.2. The predicted molar refractivity (Wildman–Crippen MR) is 125 cm³/mol. The molecule has 0 aliphatic carbocycles. The van der Waals surface area contributed by atoms with Crippen molar-refractivity contribution in [1.29, 1.82) is 0 Å². The zero-order chi connectivity index (χ0) is 22.4. The minimum absolute atomic E-state index is 0.0175. The number of nitrogens with one attached hydrogen (secondary N) is 1. The Kier molecular flexibility index (Phi) is 7.57. The van der Waals surface area contributed by atoms with Crippen LogP contribution in [-0.2, 0) is 27.1 Å². The smallest absolute Gasteiger partial charge is 0.236 e. The normalized spacial score (nSPS) is 20.5. The van der Waals surface area contributed by atoms with Crippen LogP contribution in [0, 0.1) is 0 Å². The third-order valence-electron chi connectivity index (χ3n) is 6.25. The van der Waals surface area contributed by atoms with E-state index in [0.29, 0.717) is 13.1 Å². The minimum atomic E-state index is -3.34. The Morgan fingerprint density at radius 1 is 0.875 bits per heavy atom. The number of hydrogen-bond donors (Lipinski definition) is 1. The summed E-state index contributed by atoms with van der Waals surface area (Å²) in [7, 11) is -3.34. The molecule has 4 rings (SSSR count). The van der Waals surface area contributed by atoms with Crippen LogP contribution in [-0.4, -0.2) is 80.3 Å². The van der Waals surface area contributed by atoms with Gasteiger partial charge in [0.25, 0.3) is 0 Å². The standard InChI is InChI=1S/C24H32N4O3S/c29-24(27-15-13-26(14-16-27)18-21-7-3-1-4-8-21)17-25-23-11-12-28(19-23)32(30,31)20-22-9-5-2-6-10-22/h1-10,23,25H,11-20H2/t23-/m0/s1. The molecule has 2 fully saturated rings. The van der Waals surface area contributed by atoms with E-state index >= 15 is 0 Å². The molecule has 2 aliphatic rings. The van der Waals surface area contributed by atoms with Crippen LogP contribution >= 0.6 is 0 Å². The van der Waals surface area contributed by atoms with E-state index in [9.17, 15) is 13.2 Å². The van der Waals surface area contributed by atoms with Gasteiger partial charge < -0.3 is 10.2 Å². The third-order valence-corrected chi connectivity index (χ3v) is 8.07. The molecule has 0 aromatic heterocycles. The lowest BCUT2D eigenvalue weighted by Gasteiger charge is -2.35. The lowest BCUT2D eigenvalue weighted by Crippen LogP contribution is -2.51. The van der Waals surface area contributed by atoms with Crippen molar-refractivity contribution >= 4 is 15.9 Å². The lowest BCUT2D eigenvalue weighted by molar-refractivity contribution is -0.132. The largest absolute Gasteiger partial charge is 0.339 e. The molecule has 0 saturated carbocycles. The second-order valence-corrected chi connectivity index (χ2v) is 10.6. The van der Waals surface area contributed by atoms with Crippen molar-refractivity contribution in [2.75, 3.05) is 45.8 Å². The fourth-order valence-corrected chi connectivity index (χ4v) is 5.95. The van der Waals surface area contributed by atoms with Gasteiger partial charge in [0.1, 0.15) is 0 Å². The molecule has 2 aromatic rings. The van der Waals surface area contributed by atoms with Gasteiger partial charge in [-0.2, -0.15) is 0 Å². The molecular formula is C24H32N4O3S. The van der Waals surface area contributed by atoms with Crippen LogP contribution < -0.4 is 5.32 Å². The number of piperazine rings is 1. The van der Waals surface area contributed by atoms with Crippen LogP contribution in [0.1, 0.15) is 17.5 Å².